The third-order valence-electron chi connectivity index (χ3n) is 3.72. The lowest BCUT2D eigenvalue weighted by molar-refractivity contribution is 0.306. The number of hydrogen-bond acceptors (Lipinski definition) is 2. The van der Waals surface area contributed by atoms with Crippen LogP contribution >= 0.6 is 34.8 Å². The fraction of sp³-hybridized carbons (Fsp3) is 0.100. The molecule has 134 valence electrons. The summed E-state index contributed by atoms with van der Waals surface area (Å²) in [6.45, 7) is 0.904. The molecule has 0 atom stereocenters. The molecule has 0 saturated carbocycles. The van der Waals surface area contributed by atoms with Crippen molar-refractivity contribution >= 4 is 40.5 Å². The van der Waals surface area contributed by atoms with Gasteiger partial charge in [-0.2, -0.15) is 0 Å². The molecule has 0 heterocycles. The first-order valence-electron chi connectivity index (χ1n) is 7.86. The Morgan fingerprint density at radius 3 is 2.50 bits per heavy atom. The zero-order valence-corrected chi connectivity index (χ0v) is 15.9. The molecule has 2 nitrogen and oxygen atoms in total. The van der Waals surface area contributed by atoms with Crippen LogP contribution in [0.15, 0.2) is 60.7 Å². The summed E-state index contributed by atoms with van der Waals surface area (Å²) < 4.78 is 19.0. The topological polar surface area (TPSA) is 21.3 Å². The van der Waals surface area contributed by atoms with Gasteiger partial charge in [0.25, 0.3) is 0 Å². The predicted molar refractivity (Wildman–Crippen MR) is 106 cm³/mol. The van der Waals surface area contributed by atoms with Gasteiger partial charge in [-0.25, -0.2) is 4.39 Å². The summed E-state index contributed by atoms with van der Waals surface area (Å²) in [6, 6.07) is 17.5. The second kappa shape index (κ2) is 8.63. The van der Waals surface area contributed by atoms with Crippen LogP contribution in [-0.2, 0) is 13.2 Å². The second-order valence-corrected chi connectivity index (χ2v) is 6.91. The number of benzene rings is 3. The Morgan fingerprint density at radius 1 is 0.885 bits per heavy atom. The van der Waals surface area contributed by atoms with Crippen LogP contribution in [0.25, 0.3) is 0 Å². The number of hydrogen-bond donors (Lipinski definition) is 1. The van der Waals surface area contributed by atoms with Crippen molar-refractivity contribution in [2.45, 2.75) is 13.2 Å². The SMILES string of the molecule is Fc1ccc(NCc2cccc(OCc3ccc(Cl)cc3Cl)c2)cc1Cl. The lowest BCUT2D eigenvalue weighted by Gasteiger charge is -2.11. The van der Waals surface area contributed by atoms with Gasteiger partial charge < -0.3 is 10.1 Å². The fourth-order valence-corrected chi connectivity index (χ4v) is 3.00. The zero-order valence-electron chi connectivity index (χ0n) is 13.6. The van der Waals surface area contributed by atoms with Crippen molar-refractivity contribution in [3.8, 4) is 5.75 Å². The highest BCUT2D eigenvalue weighted by molar-refractivity contribution is 6.35. The van der Waals surface area contributed by atoms with E-state index < -0.39 is 5.82 Å². The third kappa shape index (κ3) is 5.04. The molecule has 0 fully saturated rings. The maximum absolute atomic E-state index is 13.2. The summed E-state index contributed by atoms with van der Waals surface area (Å²) >= 11 is 17.8. The number of nitrogens with one attached hydrogen (secondary N) is 1. The lowest BCUT2D eigenvalue weighted by atomic mass is 10.2. The van der Waals surface area contributed by atoms with Gasteiger partial charge >= 0.3 is 0 Å². The largest absolute Gasteiger partial charge is 0.489 e. The van der Waals surface area contributed by atoms with Gasteiger partial charge in [0.15, 0.2) is 0 Å². The van der Waals surface area contributed by atoms with E-state index in [-0.39, 0.29) is 5.02 Å². The van der Waals surface area contributed by atoms with Gasteiger partial charge in [-0.15, -0.1) is 0 Å². The van der Waals surface area contributed by atoms with Crippen molar-refractivity contribution in [2.75, 3.05) is 5.32 Å². The molecule has 0 aliphatic rings. The Labute approximate surface area is 166 Å². The van der Waals surface area contributed by atoms with E-state index in [1.54, 1.807) is 24.3 Å². The molecule has 26 heavy (non-hydrogen) atoms. The van der Waals surface area contributed by atoms with E-state index in [9.17, 15) is 4.39 Å². The molecular weight excluding hydrogens is 396 g/mol. The summed E-state index contributed by atoms with van der Waals surface area (Å²) in [6.07, 6.45) is 0. The highest BCUT2D eigenvalue weighted by Gasteiger charge is 2.04. The molecular formula is C20H15Cl3FNO. The Bertz CT molecular complexity index is 917. The highest BCUT2D eigenvalue weighted by atomic mass is 35.5. The van der Waals surface area contributed by atoms with E-state index in [2.05, 4.69) is 5.32 Å². The molecule has 0 unspecified atom stereocenters. The Hall–Kier alpha value is -1.94. The third-order valence-corrected chi connectivity index (χ3v) is 4.60. The lowest BCUT2D eigenvalue weighted by Crippen LogP contribution is -2.01. The van der Waals surface area contributed by atoms with Gasteiger partial charge in [0, 0.05) is 27.8 Å². The molecule has 3 aromatic carbocycles. The second-order valence-electron chi connectivity index (χ2n) is 5.65. The van der Waals surface area contributed by atoms with E-state index >= 15 is 0 Å². The minimum absolute atomic E-state index is 0.0897. The van der Waals surface area contributed by atoms with Crippen LogP contribution in [0.4, 0.5) is 10.1 Å². The van der Waals surface area contributed by atoms with Crippen LogP contribution in [0.3, 0.4) is 0 Å². The van der Waals surface area contributed by atoms with Crippen molar-refractivity contribution in [3.63, 3.8) is 0 Å². The quantitative estimate of drug-likeness (QED) is 0.473. The van der Waals surface area contributed by atoms with E-state index in [4.69, 9.17) is 39.5 Å². The Balaban J connectivity index is 1.61. The fourth-order valence-electron chi connectivity index (χ4n) is 2.36. The normalized spacial score (nSPS) is 10.6. The monoisotopic (exact) mass is 409 g/mol. The molecule has 1 N–H and O–H groups in total. The summed E-state index contributed by atoms with van der Waals surface area (Å²) in [5.74, 6) is 0.293. The van der Waals surface area contributed by atoms with Crippen molar-refractivity contribution in [2.24, 2.45) is 0 Å². The standard InChI is InChI=1S/C20H15Cl3FNO/c21-15-5-4-14(18(22)9-15)12-26-17-3-1-2-13(8-17)11-25-16-6-7-20(24)19(23)10-16/h1-10,25H,11-12H2. The maximum Gasteiger partial charge on any atom is 0.141 e. The minimum atomic E-state index is -0.437. The van der Waals surface area contributed by atoms with Gasteiger partial charge in [0.1, 0.15) is 18.2 Å². The summed E-state index contributed by atoms with van der Waals surface area (Å²) in [5.41, 5.74) is 2.63. The molecule has 0 bridgehead atoms. The van der Waals surface area contributed by atoms with Crippen LogP contribution in [0, 0.1) is 5.82 Å². The van der Waals surface area contributed by atoms with Crippen molar-refractivity contribution < 1.29 is 9.13 Å². The minimum Gasteiger partial charge on any atom is -0.489 e. The molecule has 0 aliphatic heterocycles. The number of rotatable bonds is 6. The molecule has 0 saturated heterocycles. The maximum atomic E-state index is 13.2. The number of halogens is 4. The average molecular weight is 411 g/mol. The van der Waals surface area contributed by atoms with Crippen molar-refractivity contribution in [3.05, 3.63) is 92.7 Å². The molecule has 3 rings (SSSR count). The summed E-state index contributed by atoms with van der Waals surface area (Å²) in [7, 11) is 0. The number of anilines is 1. The number of ether oxygens (including phenoxy) is 1. The molecule has 3 aromatic rings. The molecule has 6 heteroatoms. The Kier molecular flexibility index (Phi) is 6.25. The summed E-state index contributed by atoms with van der Waals surface area (Å²) in [5, 5.41) is 4.46. The first-order valence-corrected chi connectivity index (χ1v) is 8.99. The van der Waals surface area contributed by atoms with Crippen molar-refractivity contribution in [1.82, 2.24) is 0 Å². The van der Waals surface area contributed by atoms with Gasteiger partial charge in [0.05, 0.1) is 5.02 Å². The Morgan fingerprint density at radius 2 is 1.73 bits per heavy atom. The predicted octanol–water partition coefficient (Wildman–Crippen LogP) is 6.98. The molecule has 0 aliphatic carbocycles. The zero-order chi connectivity index (χ0) is 18.5. The van der Waals surface area contributed by atoms with Crippen LogP contribution in [0.2, 0.25) is 15.1 Å². The van der Waals surface area contributed by atoms with Gasteiger partial charge in [-0.1, -0.05) is 53.0 Å². The first kappa shape index (κ1) is 18.8. The van der Waals surface area contributed by atoms with Gasteiger partial charge in [-0.05, 0) is 48.0 Å². The van der Waals surface area contributed by atoms with Gasteiger partial charge in [0.2, 0.25) is 0 Å². The smallest absolute Gasteiger partial charge is 0.141 e. The van der Waals surface area contributed by atoms with E-state index in [0.717, 1.165) is 22.6 Å². The van der Waals surface area contributed by atoms with Crippen LogP contribution < -0.4 is 10.1 Å². The van der Waals surface area contributed by atoms with E-state index in [0.29, 0.717) is 23.2 Å². The first-order chi connectivity index (χ1) is 12.5. The van der Waals surface area contributed by atoms with E-state index in [1.165, 1.54) is 6.07 Å². The highest BCUT2D eigenvalue weighted by Crippen LogP contribution is 2.24. The van der Waals surface area contributed by atoms with Gasteiger partial charge in [-0.3, -0.25) is 0 Å². The van der Waals surface area contributed by atoms with Crippen LogP contribution in [0.1, 0.15) is 11.1 Å². The molecule has 0 spiro atoms. The average Bonchev–Trinajstić information content (AvgIpc) is 2.62. The van der Waals surface area contributed by atoms with Crippen LogP contribution in [-0.4, -0.2) is 0 Å². The van der Waals surface area contributed by atoms with Crippen LogP contribution in [0.5, 0.6) is 5.75 Å². The molecule has 0 radical (unpaired) electrons. The molecule has 0 aromatic heterocycles. The van der Waals surface area contributed by atoms with E-state index in [1.807, 2.05) is 30.3 Å². The van der Waals surface area contributed by atoms with Crippen molar-refractivity contribution in [1.29, 1.82) is 0 Å². The summed E-state index contributed by atoms with van der Waals surface area (Å²) in [4.78, 5) is 0. The molecule has 0 amide bonds.